The van der Waals surface area contributed by atoms with Gasteiger partial charge in [-0.2, -0.15) is 0 Å². The van der Waals surface area contributed by atoms with Gasteiger partial charge in [0.1, 0.15) is 6.04 Å². The monoisotopic (exact) mass is 305 g/mol. The number of carbonyl (C=O) groups is 2. The number of nitrogens with one attached hydrogen (secondary N) is 1. The summed E-state index contributed by atoms with van der Waals surface area (Å²) in [5.41, 5.74) is -0.305. The predicted octanol–water partition coefficient (Wildman–Crippen LogP) is -0.0424. The van der Waals surface area contributed by atoms with Crippen molar-refractivity contribution in [2.75, 3.05) is 0 Å². The molecule has 1 aromatic rings. The van der Waals surface area contributed by atoms with E-state index in [4.69, 9.17) is 0 Å². The Morgan fingerprint density at radius 2 is 1.91 bits per heavy atom. The van der Waals surface area contributed by atoms with Gasteiger partial charge in [0.15, 0.2) is 0 Å². The third kappa shape index (κ3) is 3.27. The number of rotatable bonds is 2. The van der Waals surface area contributed by atoms with Gasteiger partial charge in [0.2, 0.25) is 11.8 Å². The van der Waals surface area contributed by atoms with Gasteiger partial charge < -0.3 is 0 Å². The van der Waals surface area contributed by atoms with Crippen LogP contribution in [0.1, 0.15) is 39.7 Å². The summed E-state index contributed by atoms with van der Waals surface area (Å²) < 4.78 is 2.81. The largest absolute Gasteiger partial charge is 0.329 e. The van der Waals surface area contributed by atoms with E-state index in [0.29, 0.717) is 17.1 Å². The van der Waals surface area contributed by atoms with E-state index in [1.807, 2.05) is 26.8 Å². The summed E-state index contributed by atoms with van der Waals surface area (Å²) in [7, 11) is 1.61. The number of imide groups is 1. The maximum absolute atomic E-state index is 12.3. The fourth-order valence-electron chi connectivity index (χ4n) is 2.28. The highest BCUT2D eigenvalue weighted by Gasteiger charge is 2.30. The molecule has 1 aromatic heterocycles. The molecular weight excluding hydrogens is 282 g/mol. The number of allylic oxidation sites excluding steroid dienone is 2. The van der Waals surface area contributed by atoms with Crippen molar-refractivity contribution in [3.05, 3.63) is 33.3 Å². The molecule has 2 amide bonds. The third-order valence-electron chi connectivity index (χ3n) is 3.42. The number of nitrogens with zero attached hydrogens (tertiary/aromatic N) is 2. The highest BCUT2D eigenvalue weighted by atomic mass is 16.2. The molecule has 0 aromatic carbocycles. The quantitative estimate of drug-likeness (QED) is 0.779. The van der Waals surface area contributed by atoms with E-state index in [-0.39, 0.29) is 18.0 Å². The van der Waals surface area contributed by atoms with Gasteiger partial charge in [0, 0.05) is 13.5 Å². The Kier molecular flexibility index (Phi) is 6.10. The zero-order chi connectivity index (χ0) is 16.9. The number of hydrogen-bond donors (Lipinski definition) is 1. The summed E-state index contributed by atoms with van der Waals surface area (Å²) in [6.07, 6.45) is 5.91. The number of imidazole rings is 1. The minimum absolute atomic E-state index is 0.229. The average Bonchev–Trinajstić information content (AvgIpc) is 2.72. The second-order valence-electron chi connectivity index (χ2n) is 4.70. The van der Waals surface area contributed by atoms with Gasteiger partial charge in [-0.25, -0.2) is 4.79 Å². The molecular formula is C16H23N3O3. The second kappa shape index (κ2) is 7.59. The van der Waals surface area contributed by atoms with E-state index >= 15 is 0 Å². The minimum Gasteiger partial charge on any atom is -0.296 e. The highest BCUT2D eigenvalue weighted by Crippen LogP contribution is 2.14. The molecule has 1 atom stereocenters. The molecule has 1 N–H and O–H groups in total. The normalized spacial score (nSPS) is 19.1. The van der Waals surface area contributed by atoms with Gasteiger partial charge in [-0.3, -0.25) is 24.0 Å². The Morgan fingerprint density at radius 1 is 1.27 bits per heavy atom. The first-order valence-electron chi connectivity index (χ1n) is 7.40. The molecule has 0 saturated carbocycles. The van der Waals surface area contributed by atoms with Crippen LogP contribution in [0.2, 0.25) is 0 Å². The molecule has 0 spiro atoms. The summed E-state index contributed by atoms with van der Waals surface area (Å²) in [5, 5.41) is 3.40. The van der Waals surface area contributed by atoms with E-state index in [1.54, 1.807) is 19.2 Å². The lowest BCUT2D eigenvalue weighted by Gasteiger charge is -2.21. The van der Waals surface area contributed by atoms with Crippen LogP contribution in [0.25, 0.3) is 12.7 Å². The van der Waals surface area contributed by atoms with Crippen molar-refractivity contribution in [1.82, 2.24) is 14.5 Å². The molecule has 6 nitrogen and oxygen atoms in total. The van der Waals surface area contributed by atoms with Crippen molar-refractivity contribution in [3.63, 3.8) is 0 Å². The van der Waals surface area contributed by atoms with Crippen LogP contribution >= 0.6 is 0 Å². The van der Waals surface area contributed by atoms with E-state index < -0.39 is 11.9 Å². The first-order valence-corrected chi connectivity index (χ1v) is 7.40. The van der Waals surface area contributed by atoms with E-state index in [1.165, 1.54) is 9.13 Å². The standard InChI is InChI=1S/C14H17N3O3.C2H6/c1-4-5-6-10-9(2)16(3)14(20)17(10)11-7-8-12(18)15-13(11)19;1-2/h4-6,11H,2,7-8H2,1,3H3,(H,15,18,19);1-2H3/b5-4-,10-6+;. The van der Waals surface area contributed by atoms with Gasteiger partial charge in [-0.1, -0.05) is 32.6 Å². The zero-order valence-corrected chi connectivity index (χ0v) is 13.5. The van der Waals surface area contributed by atoms with Gasteiger partial charge in [0.05, 0.1) is 10.7 Å². The molecule has 1 fully saturated rings. The van der Waals surface area contributed by atoms with Gasteiger partial charge in [0.25, 0.3) is 0 Å². The first kappa shape index (κ1) is 17.7. The molecule has 0 radical (unpaired) electrons. The topological polar surface area (TPSA) is 73.1 Å². The predicted molar refractivity (Wildman–Crippen MR) is 86.5 cm³/mol. The fraction of sp³-hybridized carbons (Fsp3) is 0.438. The van der Waals surface area contributed by atoms with E-state index in [2.05, 4.69) is 11.9 Å². The molecule has 2 heterocycles. The zero-order valence-electron chi connectivity index (χ0n) is 13.5. The van der Waals surface area contributed by atoms with Crippen LogP contribution in [0.5, 0.6) is 0 Å². The Morgan fingerprint density at radius 3 is 2.45 bits per heavy atom. The Bertz CT molecular complexity index is 753. The minimum atomic E-state index is -0.668. The highest BCUT2D eigenvalue weighted by molar-refractivity contribution is 5.99. The molecule has 22 heavy (non-hydrogen) atoms. The Labute approximate surface area is 129 Å². The summed E-state index contributed by atoms with van der Waals surface area (Å²) in [6, 6.07) is -0.668. The van der Waals surface area contributed by atoms with Crippen molar-refractivity contribution in [2.24, 2.45) is 7.05 Å². The second-order valence-corrected chi connectivity index (χ2v) is 4.70. The fourth-order valence-corrected chi connectivity index (χ4v) is 2.28. The van der Waals surface area contributed by atoms with E-state index in [9.17, 15) is 14.4 Å². The Balaban J connectivity index is 0.00000116. The summed E-state index contributed by atoms with van der Waals surface area (Å²) in [5.74, 6) is -0.742. The van der Waals surface area contributed by atoms with E-state index in [0.717, 1.165) is 0 Å². The third-order valence-corrected chi connectivity index (χ3v) is 3.42. The maximum atomic E-state index is 12.3. The summed E-state index contributed by atoms with van der Waals surface area (Å²) in [4.78, 5) is 35.4. The van der Waals surface area contributed by atoms with Crippen LogP contribution in [0.4, 0.5) is 0 Å². The lowest BCUT2D eigenvalue weighted by molar-refractivity contribution is -0.135. The molecule has 1 unspecified atom stereocenters. The van der Waals surface area contributed by atoms with Crippen molar-refractivity contribution in [1.29, 1.82) is 0 Å². The van der Waals surface area contributed by atoms with Gasteiger partial charge in [-0.05, 0) is 19.4 Å². The summed E-state index contributed by atoms with van der Waals surface area (Å²) in [6.45, 7) is 9.73. The van der Waals surface area contributed by atoms with Crippen LogP contribution in [0.15, 0.2) is 16.9 Å². The molecule has 0 bridgehead atoms. The number of hydrogen-bond acceptors (Lipinski definition) is 3. The average molecular weight is 305 g/mol. The number of piperidine rings is 1. The van der Waals surface area contributed by atoms with Crippen molar-refractivity contribution in [3.8, 4) is 0 Å². The molecule has 1 saturated heterocycles. The number of carbonyl (C=O) groups excluding carboxylic acids is 2. The summed E-state index contributed by atoms with van der Waals surface area (Å²) >= 11 is 0. The number of amides is 2. The molecule has 1 aliphatic heterocycles. The van der Waals surface area contributed by atoms with Crippen LogP contribution in [0, 0.1) is 0 Å². The SMILES string of the molecule is C=c1/c(=C\C=C/C)n(C2CCC(=O)NC2=O)c(=O)n1C.CC. The maximum Gasteiger partial charge on any atom is 0.329 e. The van der Waals surface area contributed by atoms with Crippen molar-refractivity contribution in [2.45, 2.75) is 39.7 Å². The molecule has 0 aliphatic carbocycles. The lowest BCUT2D eigenvalue weighted by atomic mass is 10.1. The smallest absolute Gasteiger partial charge is 0.296 e. The number of aromatic nitrogens is 2. The molecule has 1 aliphatic rings. The molecule has 2 rings (SSSR count). The van der Waals surface area contributed by atoms with Gasteiger partial charge in [-0.15, -0.1) is 0 Å². The lowest BCUT2D eigenvalue weighted by Crippen LogP contribution is -2.47. The van der Waals surface area contributed by atoms with Crippen molar-refractivity contribution < 1.29 is 9.59 Å². The van der Waals surface area contributed by atoms with Crippen LogP contribution in [0.3, 0.4) is 0 Å². The van der Waals surface area contributed by atoms with Gasteiger partial charge >= 0.3 is 5.69 Å². The molecule has 6 heteroatoms. The van der Waals surface area contributed by atoms with Crippen molar-refractivity contribution >= 4 is 24.5 Å². The Hall–Kier alpha value is -2.37. The first-order chi connectivity index (χ1) is 10.5. The molecule has 120 valence electrons. The van der Waals surface area contributed by atoms with Crippen LogP contribution in [-0.2, 0) is 16.6 Å². The van der Waals surface area contributed by atoms with Crippen LogP contribution < -0.4 is 21.7 Å². The van der Waals surface area contributed by atoms with Crippen LogP contribution in [-0.4, -0.2) is 20.9 Å².